The second-order valence-corrected chi connectivity index (χ2v) is 3.73. The van der Waals surface area contributed by atoms with Gasteiger partial charge in [-0.1, -0.05) is 6.08 Å². The van der Waals surface area contributed by atoms with Crippen LogP contribution in [0.25, 0.3) is 0 Å². The van der Waals surface area contributed by atoms with Gasteiger partial charge in [-0.3, -0.25) is 9.59 Å². The van der Waals surface area contributed by atoms with Crippen LogP contribution in [-0.2, 0) is 19.1 Å². The van der Waals surface area contributed by atoms with E-state index in [2.05, 4.69) is 6.58 Å². The lowest BCUT2D eigenvalue weighted by Crippen LogP contribution is -2.19. The van der Waals surface area contributed by atoms with Gasteiger partial charge >= 0.3 is 11.9 Å². The number of rotatable bonds is 3. The van der Waals surface area contributed by atoms with Gasteiger partial charge in [-0.25, -0.2) is 0 Å². The number of allylic oxidation sites excluding steroid dienone is 1. The minimum atomic E-state index is -0.312. The summed E-state index contributed by atoms with van der Waals surface area (Å²) >= 11 is 0. The van der Waals surface area contributed by atoms with E-state index in [1.165, 1.54) is 14.0 Å². The molecular weight excluding hydrogens is 196 g/mol. The number of carbonyl (C=O) groups is 2. The molecule has 1 aliphatic rings. The molecule has 15 heavy (non-hydrogen) atoms. The molecule has 0 amide bonds. The predicted octanol–water partition coefficient (Wildman–Crippen LogP) is 1.30. The largest absolute Gasteiger partial charge is 0.469 e. The van der Waals surface area contributed by atoms with Gasteiger partial charge in [-0.2, -0.15) is 0 Å². The van der Waals surface area contributed by atoms with Crippen LogP contribution < -0.4 is 0 Å². The van der Waals surface area contributed by atoms with Crippen molar-refractivity contribution in [2.45, 2.75) is 25.9 Å². The first-order valence-electron chi connectivity index (χ1n) is 4.96. The second kappa shape index (κ2) is 4.96. The van der Waals surface area contributed by atoms with Gasteiger partial charge in [0.1, 0.15) is 6.10 Å². The molecule has 1 rings (SSSR count). The van der Waals surface area contributed by atoms with Crippen LogP contribution in [-0.4, -0.2) is 25.2 Å². The van der Waals surface area contributed by atoms with E-state index in [1.807, 2.05) is 0 Å². The first-order valence-corrected chi connectivity index (χ1v) is 4.96. The Balaban J connectivity index is 2.62. The Morgan fingerprint density at radius 1 is 1.40 bits per heavy atom. The summed E-state index contributed by atoms with van der Waals surface area (Å²) in [4.78, 5) is 22.2. The van der Waals surface area contributed by atoms with Gasteiger partial charge in [-0.05, 0) is 18.8 Å². The van der Waals surface area contributed by atoms with E-state index in [-0.39, 0.29) is 29.9 Å². The zero-order chi connectivity index (χ0) is 11.4. The summed E-state index contributed by atoms with van der Waals surface area (Å²) in [6.07, 6.45) is 2.73. The molecule has 0 N–H and O–H groups in total. The average molecular weight is 212 g/mol. The maximum absolute atomic E-state index is 11.4. The quantitative estimate of drug-likeness (QED) is 0.522. The number of esters is 2. The SMILES string of the molecule is C=C[C@H]1C[C@H](OC(C)=O)C[C@H]1C(=O)OC. The molecule has 84 valence electrons. The van der Waals surface area contributed by atoms with Crippen molar-refractivity contribution >= 4 is 11.9 Å². The molecule has 0 bridgehead atoms. The smallest absolute Gasteiger partial charge is 0.309 e. The highest BCUT2D eigenvalue weighted by Gasteiger charge is 2.39. The average Bonchev–Trinajstić information content (AvgIpc) is 2.58. The van der Waals surface area contributed by atoms with Crippen molar-refractivity contribution in [2.75, 3.05) is 7.11 Å². The molecule has 0 unspecified atom stereocenters. The van der Waals surface area contributed by atoms with Gasteiger partial charge < -0.3 is 9.47 Å². The number of ether oxygens (including phenoxy) is 2. The highest BCUT2D eigenvalue weighted by atomic mass is 16.5. The first kappa shape index (κ1) is 11.8. The minimum absolute atomic E-state index is 0.0433. The predicted molar refractivity (Wildman–Crippen MR) is 54.0 cm³/mol. The summed E-state index contributed by atoms with van der Waals surface area (Å²) in [5, 5.41) is 0. The third-order valence-corrected chi connectivity index (χ3v) is 2.71. The summed E-state index contributed by atoms with van der Waals surface area (Å²) in [7, 11) is 1.36. The minimum Gasteiger partial charge on any atom is -0.469 e. The van der Waals surface area contributed by atoms with Crippen molar-refractivity contribution in [3.63, 3.8) is 0 Å². The van der Waals surface area contributed by atoms with Gasteiger partial charge in [0.15, 0.2) is 0 Å². The molecule has 3 atom stereocenters. The highest BCUT2D eigenvalue weighted by molar-refractivity contribution is 5.73. The van der Waals surface area contributed by atoms with Gasteiger partial charge in [-0.15, -0.1) is 6.58 Å². The fourth-order valence-electron chi connectivity index (χ4n) is 2.04. The van der Waals surface area contributed by atoms with Crippen LogP contribution in [0, 0.1) is 11.8 Å². The summed E-state index contributed by atoms with van der Waals surface area (Å²) in [6.45, 7) is 5.04. The Morgan fingerprint density at radius 3 is 2.53 bits per heavy atom. The standard InChI is InChI=1S/C11H16O4/c1-4-8-5-9(15-7(2)12)6-10(8)11(13)14-3/h4,8-10H,1,5-6H2,2-3H3/t8-,9-,10+/m0/s1. The van der Waals surface area contributed by atoms with Crippen LogP contribution in [0.5, 0.6) is 0 Å². The van der Waals surface area contributed by atoms with E-state index in [4.69, 9.17) is 9.47 Å². The Kier molecular flexibility index (Phi) is 3.88. The van der Waals surface area contributed by atoms with Crippen LogP contribution in [0.2, 0.25) is 0 Å². The zero-order valence-electron chi connectivity index (χ0n) is 9.06. The Labute approximate surface area is 89.2 Å². The van der Waals surface area contributed by atoms with Crippen molar-refractivity contribution in [2.24, 2.45) is 11.8 Å². The van der Waals surface area contributed by atoms with E-state index in [1.54, 1.807) is 6.08 Å². The van der Waals surface area contributed by atoms with Crippen LogP contribution in [0.4, 0.5) is 0 Å². The molecule has 0 spiro atoms. The highest BCUT2D eigenvalue weighted by Crippen LogP contribution is 2.35. The van der Waals surface area contributed by atoms with Crippen molar-refractivity contribution in [3.05, 3.63) is 12.7 Å². The zero-order valence-corrected chi connectivity index (χ0v) is 9.06. The fraction of sp³-hybridized carbons (Fsp3) is 0.636. The van der Waals surface area contributed by atoms with Crippen LogP contribution in [0.1, 0.15) is 19.8 Å². The molecule has 0 aromatic rings. The Hall–Kier alpha value is -1.32. The van der Waals surface area contributed by atoms with Gasteiger partial charge in [0.2, 0.25) is 0 Å². The summed E-state index contributed by atoms with van der Waals surface area (Å²) < 4.78 is 9.77. The molecule has 1 fully saturated rings. The molecule has 0 heterocycles. The third kappa shape index (κ3) is 2.81. The molecule has 0 aromatic heterocycles. The van der Waals surface area contributed by atoms with Crippen molar-refractivity contribution in [3.8, 4) is 0 Å². The third-order valence-electron chi connectivity index (χ3n) is 2.71. The number of hydrogen-bond acceptors (Lipinski definition) is 4. The Morgan fingerprint density at radius 2 is 2.07 bits per heavy atom. The van der Waals surface area contributed by atoms with E-state index in [0.29, 0.717) is 12.8 Å². The molecular formula is C11H16O4. The van der Waals surface area contributed by atoms with Crippen LogP contribution in [0.3, 0.4) is 0 Å². The normalized spacial score (nSPS) is 29.6. The lowest BCUT2D eigenvalue weighted by molar-refractivity contribution is -0.149. The summed E-state index contributed by atoms with van der Waals surface area (Å²) in [5.41, 5.74) is 0. The lowest BCUT2D eigenvalue weighted by atomic mass is 9.97. The molecule has 0 aromatic carbocycles. The molecule has 0 aliphatic heterocycles. The van der Waals surface area contributed by atoms with Crippen LogP contribution in [0.15, 0.2) is 12.7 Å². The van der Waals surface area contributed by atoms with Gasteiger partial charge in [0.05, 0.1) is 13.0 Å². The van der Waals surface area contributed by atoms with E-state index in [9.17, 15) is 9.59 Å². The maximum atomic E-state index is 11.4. The van der Waals surface area contributed by atoms with Gasteiger partial charge in [0, 0.05) is 6.92 Å². The Bertz CT molecular complexity index is 272. The maximum Gasteiger partial charge on any atom is 0.309 e. The molecule has 4 nitrogen and oxygen atoms in total. The molecule has 0 saturated heterocycles. The number of methoxy groups -OCH3 is 1. The van der Waals surface area contributed by atoms with Crippen LogP contribution >= 0.6 is 0 Å². The fourth-order valence-corrected chi connectivity index (χ4v) is 2.04. The topological polar surface area (TPSA) is 52.6 Å². The number of carbonyl (C=O) groups excluding carboxylic acids is 2. The number of hydrogen-bond donors (Lipinski definition) is 0. The second-order valence-electron chi connectivity index (χ2n) is 3.73. The first-order chi connectivity index (χ1) is 7.08. The summed E-state index contributed by atoms with van der Waals surface area (Å²) in [6, 6.07) is 0. The van der Waals surface area contributed by atoms with E-state index in [0.717, 1.165) is 0 Å². The monoisotopic (exact) mass is 212 g/mol. The molecule has 1 aliphatic carbocycles. The molecule has 4 heteroatoms. The summed E-state index contributed by atoms with van der Waals surface area (Å²) in [5.74, 6) is -0.749. The van der Waals surface area contributed by atoms with Crippen molar-refractivity contribution < 1.29 is 19.1 Å². The lowest BCUT2D eigenvalue weighted by Gasteiger charge is -2.11. The van der Waals surface area contributed by atoms with Crippen molar-refractivity contribution in [1.29, 1.82) is 0 Å². The molecule has 1 saturated carbocycles. The van der Waals surface area contributed by atoms with E-state index >= 15 is 0 Å². The van der Waals surface area contributed by atoms with Gasteiger partial charge in [0.25, 0.3) is 0 Å². The van der Waals surface area contributed by atoms with E-state index < -0.39 is 0 Å². The molecule has 0 radical (unpaired) electrons. The van der Waals surface area contributed by atoms with Crippen molar-refractivity contribution in [1.82, 2.24) is 0 Å².